The first-order valence-corrected chi connectivity index (χ1v) is 9.61. The zero-order valence-corrected chi connectivity index (χ0v) is 13.6. The lowest BCUT2D eigenvalue weighted by atomic mass is 9.79. The summed E-state index contributed by atoms with van der Waals surface area (Å²) in [5.74, 6) is 0.509. The van der Waals surface area contributed by atoms with Gasteiger partial charge in [-0.1, -0.05) is 24.1 Å². The lowest BCUT2D eigenvalue weighted by Crippen LogP contribution is -2.56. The van der Waals surface area contributed by atoms with Gasteiger partial charge in [-0.15, -0.1) is 0 Å². The van der Waals surface area contributed by atoms with Gasteiger partial charge in [-0.2, -0.15) is 0 Å². The Morgan fingerprint density at radius 2 is 1.91 bits per heavy atom. The topological polar surface area (TPSA) is 66.5 Å². The molecule has 0 bridgehead atoms. The maximum atomic E-state index is 12.5. The van der Waals surface area contributed by atoms with Crippen molar-refractivity contribution < 1.29 is 13.2 Å². The number of benzene rings is 1. The van der Waals surface area contributed by atoms with Crippen LogP contribution in [0.2, 0.25) is 0 Å². The van der Waals surface area contributed by atoms with Crippen LogP contribution in [0.5, 0.6) is 0 Å². The lowest BCUT2D eigenvalue weighted by molar-refractivity contribution is 0.131. The van der Waals surface area contributed by atoms with E-state index in [1.165, 1.54) is 0 Å². The highest BCUT2D eigenvalue weighted by Gasteiger charge is 2.40. The molecule has 1 heterocycles. The molecule has 2 amide bonds. The van der Waals surface area contributed by atoms with E-state index in [0.29, 0.717) is 12.5 Å². The van der Waals surface area contributed by atoms with E-state index in [4.69, 9.17) is 0 Å². The van der Waals surface area contributed by atoms with E-state index in [0.717, 1.165) is 30.5 Å². The van der Waals surface area contributed by atoms with Crippen molar-refractivity contribution in [1.29, 1.82) is 0 Å². The Morgan fingerprint density at radius 3 is 2.50 bits per heavy atom. The number of carbonyl (C=O) groups excluding carboxylic acids is 1. The molecular weight excluding hydrogens is 300 g/mol. The van der Waals surface area contributed by atoms with Gasteiger partial charge < -0.3 is 10.2 Å². The highest BCUT2D eigenvalue weighted by molar-refractivity contribution is 7.91. The van der Waals surface area contributed by atoms with Crippen molar-refractivity contribution in [2.24, 2.45) is 5.92 Å². The summed E-state index contributed by atoms with van der Waals surface area (Å²) in [5, 5.41) is 2.89. The maximum absolute atomic E-state index is 12.5. The molecule has 6 heteroatoms. The zero-order chi connectivity index (χ0) is 15.7. The number of hydrogen-bond donors (Lipinski definition) is 1. The highest BCUT2D eigenvalue weighted by atomic mass is 32.2. The van der Waals surface area contributed by atoms with Crippen LogP contribution in [0.4, 0.5) is 10.5 Å². The maximum Gasteiger partial charge on any atom is 0.322 e. The quantitative estimate of drug-likeness (QED) is 0.909. The molecule has 1 saturated heterocycles. The third-order valence-electron chi connectivity index (χ3n) is 4.73. The molecule has 1 N–H and O–H groups in total. The summed E-state index contributed by atoms with van der Waals surface area (Å²) >= 11 is 0. The van der Waals surface area contributed by atoms with Crippen LogP contribution in [0.1, 0.15) is 24.8 Å². The minimum absolute atomic E-state index is 0.0670. The molecule has 2 fully saturated rings. The van der Waals surface area contributed by atoms with Gasteiger partial charge in [-0.05, 0) is 37.8 Å². The van der Waals surface area contributed by atoms with E-state index in [-0.39, 0.29) is 23.6 Å². The number of rotatable bonds is 2. The first-order chi connectivity index (χ1) is 10.4. The normalized spacial score (nSPS) is 24.6. The monoisotopic (exact) mass is 322 g/mol. The summed E-state index contributed by atoms with van der Waals surface area (Å²) in [6.07, 6.45) is 3.18. The number of aryl methyl sites for hydroxylation is 1. The molecule has 1 aliphatic heterocycles. The number of nitrogens with one attached hydrogen (secondary N) is 1. The molecule has 0 radical (unpaired) electrons. The number of nitrogens with zero attached hydrogens (tertiary/aromatic N) is 1. The van der Waals surface area contributed by atoms with Crippen molar-refractivity contribution in [3.8, 4) is 0 Å². The number of sulfone groups is 1. The van der Waals surface area contributed by atoms with E-state index >= 15 is 0 Å². The van der Waals surface area contributed by atoms with Crippen molar-refractivity contribution in [3.05, 3.63) is 29.8 Å². The molecular formula is C16H22N2O3S. The summed E-state index contributed by atoms with van der Waals surface area (Å²) in [6, 6.07) is 7.27. The van der Waals surface area contributed by atoms with Crippen LogP contribution in [-0.2, 0) is 9.84 Å². The number of hydrogen-bond acceptors (Lipinski definition) is 3. The third kappa shape index (κ3) is 3.27. The van der Waals surface area contributed by atoms with Crippen LogP contribution < -0.4 is 5.32 Å². The fraction of sp³-hybridized carbons (Fsp3) is 0.562. The summed E-state index contributed by atoms with van der Waals surface area (Å²) < 4.78 is 23.8. The zero-order valence-electron chi connectivity index (χ0n) is 12.8. The smallest absolute Gasteiger partial charge is 0.319 e. The molecule has 1 aromatic rings. The predicted molar refractivity (Wildman–Crippen MR) is 86.7 cm³/mol. The van der Waals surface area contributed by atoms with Gasteiger partial charge in [0.25, 0.3) is 0 Å². The molecule has 3 rings (SSSR count). The Balaban J connectivity index is 1.73. The second-order valence-corrected chi connectivity index (χ2v) is 8.59. The van der Waals surface area contributed by atoms with E-state index < -0.39 is 9.84 Å². The largest absolute Gasteiger partial charge is 0.322 e. The molecule has 22 heavy (non-hydrogen) atoms. The van der Waals surface area contributed by atoms with E-state index in [1.807, 2.05) is 31.2 Å². The number of amides is 2. The Hall–Kier alpha value is -1.56. The summed E-state index contributed by atoms with van der Waals surface area (Å²) in [4.78, 5) is 14.3. The highest BCUT2D eigenvalue weighted by Crippen LogP contribution is 2.34. The molecule has 5 nitrogen and oxygen atoms in total. The van der Waals surface area contributed by atoms with E-state index in [9.17, 15) is 13.2 Å². The SMILES string of the molecule is Cc1ccc(NC(=O)N2CCS(=O)(=O)CC2C2CCC2)cc1. The Morgan fingerprint density at radius 1 is 1.23 bits per heavy atom. The van der Waals surface area contributed by atoms with Crippen LogP contribution in [-0.4, -0.2) is 43.4 Å². The van der Waals surface area contributed by atoms with Crippen LogP contribution in [0, 0.1) is 12.8 Å². The minimum atomic E-state index is -3.02. The molecule has 1 saturated carbocycles. The van der Waals surface area contributed by atoms with Gasteiger partial charge in [-0.3, -0.25) is 0 Å². The third-order valence-corrected chi connectivity index (χ3v) is 6.38. The van der Waals surface area contributed by atoms with Crippen molar-refractivity contribution in [2.75, 3.05) is 23.4 Å². The first kappa shape index (κ1) is 15.3. The molecule has 120 valence electrons. The fourth-order valence-electron chi connectivity index (χ4n) is 3.14. The van der Waals surface area contributed by atoms with E-state index in [2.05, 4.69) is 5.32 Å². The molecule has 1 atom stereocenters. The Bertz CT molecular complexity index is 650. The second-order valence-electron chi connectivity index (χ2n) is 6.36. The Kier molecular flexibility index (Phi) is 4.12. The van der Waals surface area contributed by atoms with Crippen molar-refractivity contribution >= 4 is 21.6 Å². The molecule has 1 aliphatic carbocycles. The van der Waals surface area contributed by atoms with E-state index in [1.54, 1.807) is 4.90 Å². The summed E-state index contributed by atoms with van der Waals surface area (Å²) in [5.41, 5.74) is 1.88. The Labute approximate surface area is 131 Å². The van der Waals surface area contributed by atoms with Gasteiger partial charge in [0, 0.05) is 12.2 Å². The fourth-order valence-corrected chi connectivity index (χ4v) is 4.75. The van der Waals surface area contributed by atoms with Crippen LogP contribution in [0.15, 0.2) is 24.3 Å². The van der Waals surface area contributed by atoms with Crippen LogP contribution in [0.25, 0.3) is 0 Å². The van der Waals surface area contributed by atoms with Gasteiger partial charge in [0.15, 0.2) is 9.84 Å². The predicted octanol–water partition coefficient (Wildman–Crippen LogP) is 2.43. The summed E-state index contributed by atoms with van der Waals surface area (Å²) in [6.45, 7) is 2.29. The van der Waals surface area contributed by atoms with Crippen molar-refractivity contribution in [3.63, 3.8) is 0 Å². The van der Waals surface area contributed by atoms with Gasteiger partial charge in [0.1, 0.15) is 0 Å². The average Bonchev–Trinajstić information content (AvgIpc) is 2.38. The van der Waals surface area contributed by atoms with Gasteiger partial charge in [0.05, 0.1) is 17.5 Å². The van der Waals surface area contributed by atoms with Crippen LogP contribution >= 0.6 is 0 Å². The standard InChI is InChI=1S/C16H22N2O3S/c1-12-5-7-14(8-6-12)17-16(19)18-9-10-22(20,21)11-15(18)13-3-2-4-13/h5-8,13,15H,2-4,9-11H2,1H3,(H,17,19). The molecule has 1 unspecified atom stereocenters. The molecule has 2 aliphatic rings. The van der Waals surface area contributed by atoms with Gasteiger partial charge in [-0.25, -0.2) is 13.2 Å². The van der Waals surface area contributed by atoms with Crippen LogP contribution in [0.3, 0.4) is 0 Å². The number of carbonyl (C=O) groups is 1. The molecule has 0 aromatic heterocycles. The minimum Gasteiger partial charge on any atom is -0.319 e. The van der Waals surface area contributed by atoms with Gasteiger partial charge in [0.2, 0.25) is 0 Å². The van der Waals surface area contributed by atoms with Crippen molar-refractivity contribution in [1.82, 2.24) is 4.90 Å². The lowest BCUT2D eigenvalue weighted by Gasteiger charge is -2.43. The summed E-state index contributed by atoms with van der Waals surface area (Å²) in [7, 11) is -3.02. The average molecular weight is 322 g/mol. The molecule has 0 spiro atoms. The number of urea groups is 1. The van der Waals surface area contributed by atoms with Crippen molar-refractivity contribution in [2.45, 2.75) is 32.2 Å². The molecule has 1 aromatic carbocycles. The number of anilines is 1. The second kappa shape index (κ2) is 5.91. The first-order valence-electron chi connectivity index (χ1n) is 7.79. The van der Waals surface area contributed by atoms with Gasteiger partial charge >= 0.3 is 6.03 Å².